The van der Waals surface area contributed by atoms with Crippen LogP contribution in [0.2, 0.25) is 5.02 Å². The second-order valence-corrected chi connectivity index (χ2v) is 4.95. The molecule has 0 radical (unpaired) electrons. The first-order valence-corrected chi connectivity index (χ1v) is 6.37. The standard InChI is InChI=1S/C12H9BrClNO4/c1-18-5-9-10(12(16)17)19-11(15-9)7-3-2-6(14)4-8(7)13/h2-4H,5H2,1H3,(H,16,17). The zero-order valence-electron chi connectivity index (χ0n) is 9.81. The lowest BCUT2D eigenvalue weighted by Gasteiger charge is -1.99. The number of hydrogen-bond donors (Lipinski definition) is 1. The fourth-order valence-corrected chi connectivity index (χ4v) is 2.38. The second-order valence-electron chi connectivity index (χ2n) is 3.66. The van der Waals surface area contributed by atoms with Crippen molar-refractivity contribution < 1.29 is 19.1 Å². The van der Waals surface area contributed by atoms with Crippen molar-refractivity contribution in [3.8, 4) is 11.5 Å². The predicted octanol–water partition coefficient (Wildman–Crippen LogP) is 3.60. The predicted molar refractivity (Wildman–Crippen MR) is 72.3 cm³/mol. The first-order valence-electron chi connectivity index (χ1n) is 5.20. The van der Waals surface area contributed by atoms with Gasteiger partial charge >= 0.3 is 5.97 Å². The van der Waals surface area contributed by atoms with Gasteiger partial charge in [0.05, 0.1) is 12.2 Å². The molecule has 0 atom stereocenters. The number of halogens is 2. The summed E-state index contributed by atoms with van der Waals surface area (Å²) in [5.74, 6) is -1.21. The van der Waals surface area contributed by atoms with Gasteiger partial charge in [-0.1, -0.05) is 11.6 Å². The maximum absolute atomic E-state index is 11.1. The molecule has 1 heterocycles. The molecule has 100 valence electrons. The molecule has 1 aromatic carbocycles. The van der Waals surface area contributed by atoms with Crippen molar-refractivity contribution in [2.45, 2.75) is 6.61 Å². The van der Waals surface area contributed by atoms with Crippen molar-refractivity contribution in [1.29, 1.82) is 0 Å². The molecule has 7 heteroatoms. The Morgan fingerprint density at radius 2 is 2.32 bits per heavy atom. The van der Waals surface area contributed by atoms with Gasteiger partial charge in [0, 0.05) is 16.6 Å². The largest absolute Gasteiger partial charge is 0.475 e. The Balaban J connectivity index is 2.50. The molecule has 5 nitrogen and oxygen atoms in total. The van der Waals surface area contributed by atoms with Gasteiger partial charge < -0.3 is 14.3 Å². The third kappa shape index (κ3) is 2.97. The number of carboxylic acids is 1. The SMILES string of the molecule is COCc1nc(-c2ccc(Cl)cc2Br)oc1C(=O)O. The summed E-state index contributed by atoms with van der Waals surface area (Å²) < 4.78 is 10.8. The highest BCUT2D eigenvalue weighted by Crippen LogP contribution is 2.31. The van der Waals surface area contributed by atoms with E-state index in [1.54, 1.807) is 18.2 Å². The fraction of sp³-hybridized carbons (Fsp3) is 0.167. The highest BCUT2D eigenvalue weighted by Gasteiger charge is 2.21. The average Bonchev–Trinajstić information content (AvgIpc) is 2.73. The molecule has 0 aliphatic heterocycles. The molecule has 0 spiro atoms. The van der Waals surface area contributed by atoms with Crippen LogP contribution in [0, 0.1) is 0 Å². The number of carbonyl (C=O) groups is 1. The van der Waals surface area contributed by atoms with Gasteiger partial charge in [-0.15, -0.1) is 0 Å². The van der Waals surface area contributed by atoms with E-state index in [2.05, 4.69) is 20.9 Å². The van der Waals surface area contributed by atoms with E-state index < -0.39 is 5.97 Å². The van der Waals surface area contributed by atoms with Crippen molar-refractivity contribution in [2.75, 3.05) is 7.11 Å². The summed E-state index contributed by atoms with van der Waals surface area (Å²) in [4.78, 5) is 15.2. The number of rotatable bonds is 4. The van der Waals surface area contributed by atoms with Crippen LogP contribution in [0.25, 0.3) is 11.5 Å². The molecule has 0 aliphatic rings. The molecular formula is C12H9BrClNO4. The minimum absolute atomic E-state index is 0.0658. The molecule has 0 saturated carbocycles. The normalized spacial score (nSPS) is 10.7. The lowest BCUT2D eigenvalue weighted by atomic mass is 10.2. The van der Waals surface area contributed by atoms with Crippen molar-refractivity contribution in [3.05, 3.63) is 39.1 Å². The zero-order valence-corrected chi connectivity index (χ0v) is 12.2. The third-order valence-corrected chi connectivity index (χ3v) is 3.23. The number of nitrogens with zero attached hydrogens (tertiary/aromatic N) is 1. The Kier molecular flexibility index (Phi) is 4.24. The number of methoxy groups -OCH3 is 1. The Morgan fingerprint density at radius 1 is 1.58 bits per heavy atom. The van der Waals surface area contributed by atoms with Crippen molar-refractivity contribution in [2.24, 2.45) is 0 Å². The van der Waals surface area contributed by atoms with Crippen molar-refractivity contribution in [3.63, 3.8) is 0 Å². The van der Waals surface area contributed by atoms with Crippen LogP contribution in [-0.2, 0) is 11.3 Å². The van der Waals surface area contributed by atoms with Crippen LogP contribution in [0.3, 0.4) is 0 Å². The molecule has 2 rings (SSSR count). The molecule has 1 aromatic heterocycles. The maximum atomic E-state index is 11.1. The maximum Gasteiger partial charge on any atom is 0.373 e. The monoisotopic (exact) mass is 345 g/mol. The molecule has 0 unspecified atom stereocenters. The number of aromatic carboxylic acids is 1. The van der Waals surface area contributed by atoms with E-state index in [1.807, 2.05) is 0 Å². The van der Waals surface area contributed by atoms with Gasteiger partial charge in [0.25, 0.3) is 0 Å². The van der Waals surface area contributed by atoms with Gasteiger partial charge in [0.15, 0.2) is 0 Å². The molecular weight excluding hydrogens is 337 g/mol. The van der Waals surface area contributed by atoms with Crippen LogP contribution in [0.5, 0.6) is 0 Å². The average molecular weight is 347 g/mol. The van der Waals surface area contributed by atoms with Gasteiger partial charge in [-0.3, -0.25) is 0 Å². The summed E-state index contributed by atoms with van der Waals surface area (Å²) >= 11 is 9.18. The van der Waals surface area contributed by atoms with Gasteiger partial charge in [-0.2, -0.15) is 0 Å². The van der Waals surface area contributed by atoms with E-state index in [-0.39, 0.29) is 24.0 Å². The molecule has 19 heavy (non-hydrogen) atoms. The highest BCUT2D eigenvalue weighted by molar-refractivity contribution is 9.10. The molecule has 0 bridgehead atoms. The smallest absolute Gasteiger partial charge is 0.373 e. The molecule has 1 N–H and O–H groups in total. The van der Waals surface area contributed by atoms with Gasteiger partial charge in [-0.25, -0.2) is 9.78 Å². The summed E-state index contributed by atoms with van der Waals surface area (Å²) in [7, 11) is 1.46. The van der Waals surface area contributed by atoms with Gasteiger partial charge in [-0.05, 0) is 34.1 Å². The molecule has 0 fully saturated rings. The van der Waals surface area contributed by atoms with Crippen LogP contribution in [-0.4, -0.2) is 23.2 Å². The molecule has 2 aromatic rings. The Morgan fingerprint density at radius 3 is 2.89 bits per heavy atom. The van der Waals surface area contributed by atoms with Gasteiger partial charge in [0.1, 0.15) is 5.69 Å². The van der Waals surface area contributed by atoms with E-state index in [0.29, 0.717) is 15.1 Å². The van der Waals surface area contributed by atoms with E-state index in [0.717, 1.165) is 0 Å². The quantitative estimate of drug-likeness (QED) is 0.915. The van der Waals surface area contributed by atoms with Crippen molar-refractivity contribution >= 4 is 33.5 Å². The van der Waals surface area contributed by atoms with Gasteiger partial charge in [0.2, 0.25) is 11.7 Å². The van der Waals surface area contributed by atoms with E-state index in [1.165, 1.54) is 7.11 Å². The summed E-state index contributed by atoms with van der Waals surface area (Å²) in [6.45, 7) is 0.0658. The summed E-state index contributed by atoms with van der Waals surface area (Å²) in [5.41, 5.74) is 0.862. The van der Waals surface area contributed by atoms with E-state index in [9.17, 15) is 4.79 Å². The molecule has 0 amide bonds. The van der Waals surface area contributed by atoms with Crippen LogP contribution in [0.4, 0.5) is 0 Å². The van der Waals surface area contributed by atoms with Crippen molar-refractivity contribution in [1.82, 2.24) is 4.98 Å². The summed E-state index contributed by atoms with van der Waals surface area (Å²) in [6, 6.07) is 5.04. The molecule has 0 aliphatic carbocycles. The number of benzene rings is 1. The number of oxazole rings is 1. The summed E-state index contributed by atoms with van der Waals surface area (Å²) in [6.07, 6.45) is 0. The van der Waals surface area contributed by atoms with E-state index in [4.69, 9.17) is 25.9 Å². The Hall–Kier alpha value is -1.37. The van der Waals surface area contributed by atoms with Crippen LogP contribution in [0.1, 0.15) is 16.2 Å². The minimum atomic E-state index is -1.18. The Labute approximate surface area is 122 Å². The topological polar surface area (TPSA) is 72.6 Å². The number of hydrogen-bond acceptors (Lipinski definition) is 4. The first kappa shape index (κ1) is 14.0. The Bertz CT molecular complexity index is 626. The number of ether oxygens (including phenoxy) is 1. The molecule has 0 saturated heterocycles. The zero-order chi connectivity index (χ0) is 14.0. The number of carboxylic acid groups (broad SMARTS) is 1. The first-order chi connectivity index (χ1) is 9.02. The highest BCUT2D eigenvalue weighted by atomic mass is 79.9. The summed E-state index contributed by atoms with van der Waals surface area (Å²) in [5, 5.41) is 9.60. The lowest BCUT2D eigenvalue weighted by molar-refractivity contribution is 0.0656. The third-order valence-electron chi connectivity index (χ3n) is 2.33. The minimum Gasteiger partial charge on any atom is -0.475 e. The van der Waals surface area contributed by atoms with Crippen LogP contribution >= 0.6 is 27.5 Å². The van der Waals surface area contributed by atoms with Crippen LogP contribution < -0.4 is 0 Å². The lowest BCUT2D eigenvalue weighted by Crippen LogP contribution is -2.00. The van der Waals surface area contributed by atoms with Crippen LogP contribution in [0.15, 0.2) is 27.1 Å². The van der Waals surface area contributed by atoms with E-state index >= 15 is 0 Å². The number of aromatic nitrogens is 1. The fourth-order valence-electron chi connectivity index (χ4n) is 1.53. The second kappa shape index (κ2) is 5.73.